The van der Waals surface area contributed by atoms with E-state index in [0.717, 1.165) is 36.0 Å². The number of nitrogens with zero attached hydrogens (tertiary/aromatic N) is 2. The third-order valence-corrected chi connectivity index (χ3v) is 4.23. The second kappa shape index (κ2) is 5.38. The van der Waals surface area contributed by atoms with Gasteiger partial charge in [0.2, 0.25) is 0 Å². The van der Waals surface area contributed by atoms with Crippen LogP contribution in [0.5, 0.6) is 0 Å². The van der Waals surface area contributed by atoms with Crippen LogP contribution in [0, 0.1) is 0 Å². The maximum atomic E-state index is 12.5. The minimum Gasteiger partial charge on any atom is -0.360 e. The molecular formula is C16H21N3O. The van der Waals surface area contributed by atoms with Crippen LogP contribution in [-0.2, 0) is 0 Å². The number of para-hydroxylation sites is 1. The first kappa shape index (κ1) is 13.3. The van der Waals surface area contributed by atoms with Crippen LogP contribution in [0.3, 0.4) is 0 Å². The highest BCUT2D eigenvalue weighted by Gasteiger charge is 2.26. The molecule has 4 nitrogen and oxygen atoms in total. The van der Waals surface area contributed by atoms with Gasteiger partial charge in [0.05, 0.1) is 6.54 Å². The highest BCUT2D eigenvalue weighted by Crippen LogP contribution is 2.20. The van der Waals surface area contributed by atoms with Crippen LogP contribution in [0.4, 0.5) is 0 Å². The number of likely N-dealkylation sites (tertiary alicyclic amines) is 1. The summed E-state index contributed by atoms with van der Waals surface area (Å²) in [6, 6.07) is 8.54. The fourth-order valence-corrected chi connectivity index (χ4v) is 2.97. The van der Waals surface area contributed by atoms with Gasteiger partial charge in [-0.2, -0.15) is 0 Å². The van der Waals surface area contributed by atoms with E-state index in [-0.39, 0.29) is 5.78 Å². The van der Waals surface area contributed by atoms with Crippen LogP contribution in [0.15, 0.2) is 30.5 Å². The van der Waals surface area contributed by atoms with Gasteiger partial charge in [0, 0.05) is 41.8 Å². The second-order valence-corrected chi connectivity index (χ2v) is 5.81. The van der Waals surface area contributed by atoms with Crippen molar-refractivity contribution in [2.75, 3.05) is 33.7 Å². The van der Waals surface area contributed by atoms with Crippen molar-refractivity contribution in [2.24, 2.45) is 0 Å². The van der Waals surface area contributed by atoms with Gasteiger partial charge in [-0.05, 0) is 26.6 Å². The van der Waals surface area contributed by atoms with E-state index in [1.165, 1.54) is 0 Å². The van der Waals surface area contributed by atoms with E-state index >= 15 is 0 Å². The number of carbonyl (C=O) groups is 1. The molecule has 106 valence electrons. The SMILES string of the molecule is CN(C)C1CCN(CC(=O)c2c[nH]c3ccccc23)C1. The van der Waals surface area contributed by atoms with Crippen LogP contribution < -0.4 is 0 Å². The van der Waals surface area contributed by atoms with Crippen molar-refractivity contribution in [1.82, 2.24) is 14.8 Å². The monoisotopic (exact) mass is 271 g/mol. The molecule has 1 atom stereocenters. The molecule has 0 spiro atoms. The van der Waals surface area contributed by atoms with Crippen molar-refractivity contribution >= 4 is 16.7 Å². The van der Waals surface area contributed by atoms with Crippen LogP contribution in [0.1, 0.15) is 16.8 Å². The van der Waals surface area contributed by atoms with E-state index in [2.05, 4.69) is 28.9 Å². The van der Waals surface area contributed by atoms with Gasteiger partial charge in [-0.3, -0.25) is 9.69 Å². The maximum absolute atomic E-state index is 12.5. The molecule has 0 radical (unpaired) electrons. The molecule has 1 aliphatic rings. The Labute approximate surface area is 119 Å². The number of hydrogen-bond donors (Lipinski definition) is 1. The van der Waals surface area contributed by atoms with Crippen molar-refractivity contribution in [3.8, 4) is 0 Å². The molecule has 1 aliphatic heterocycles. The lowest BCUT2D eigenvalue weighted by atomic mass is 10.1. The zero-order chi connectivity index (χ0) is 14.1. The standard InChI is InChI=1S/C16H21N3O/c1-18(2)12-7-8-19(10-12)11-16(20)14-9-17-15-6-4-3-5-13(14)15/h3-6,9,12,17H,7-8,10-11H2,1-2H3. The van der Waals surface area contributed by atoms with Gasteiger partial charge >= 0.3 is 0 Å². The number of Topliss-reactive ketones (excluding diaryl/α,β-unsaturated/α-hetero) is 1. The van der Waals surface area contributed by atoms with E-state index in [0.29, 0.717) is 12.6 Å². The summed E-state index contributed by atoms with van der Waals surface area (Å²) in [6.07, 6.45) is 2.99. The first-order valence-electron chi connectivity index (χ1n) is 7.13. The molecule has 0 bridgehead atoms. The quantitative estimate of drug-likeness (QED) is 0.864. The van der Waals surface area contributed by atoms with Crippen molar-refractivity contribution in [3.63, 3.8) is 0 Å². The summed E-state index contributed by atoms with van der Waals surface area (Å²) in [4.78, 5) is 20.2. The van der Waals surface area contributed by atoms with Crippen molar-refractivity contribution < 1.29 is 4.79 Å². The van der Waals surface area contributed by atoms with Crippen LogP contribution in [0.25, 0.3) is 10.9 Å². The van der Waals surface area contributed by atoms with Gasteiger partial charge in [0.15, 0.2) is 5.78 Å². The molecule has 1 aromatic heterocycles. The third-order valence-electron chi connectivity index (χ3n) is 4.23. The van der Waals surface area contributed by atoms with Crippen LogP contribution in [0.2, 0.25) is 0 Å². The van der Waals surface area contributed by atoms with Crippen molar-refractivity contribution in [3.05, 3.63) is 36.0 Å². The first-order valence-corrected chi connectivity index (χ1v) is 7.13. The molecule has 2 heterocycles. The van der Waals surface area contributed by atoms with E-state index in [1.54, 1.807) is 0 Å². The van der Waals surface area contributed by atoms with Crippen molar-refractivity contribution in [2.45, 2.75) is 12.5 Å². The fourth-order valence-electron chi connectivity index (χ4n) is 2.97. The lowest BCUT2D eigenvalue weighted by Crippen LogP contribution is -2.33. The Bertz CT molecular complexity index is 617. The number of H-pyrrole nitrogens is 1. The fraction of sp³-hybridized carbons (Fsp3) is 0.438. The van der Waals surface area contributed by atoms with Gasteiger partial charge in [0.25, 0.3) is 0 Å². The molecule has 1 saturated heterocycles. The van der Waals surface area contributed by atoms with E-state index in [4.69, 9.17) is 0 Å². The zero-order valence-electron chi connectivity index (χ0n) is 12.1. The molecule has 1 fully saturated rings. The summed E-state index contributed by atoms with van der Waals surface area (Å²) < 4.78 is 0. The van der Waals surface area contributed by atoms with Crippen molar-refractivity contribution in [1.29, 1.82) is 0 Å². The number of aromatic nitrogens is 1. The molecule has 0 aliphatic carbocycles. The highest BCUT2D eigenvalue weighted by molar-refractivity contribution is 6.08. The Morgan fingerprint density at radius 3 is 2.95 bits per heavy atom. The number of aromatic amines is 1. The Kier molecular flexibility index (Phi) is 3.59. The molecule has 1 N–H and O–H groups in total. The second-order valence-electron chi connectivity index (χ2n) is 5.81. The zero-order valence-corrected chi connectivity index (χ0v) is 12.1. The summed E-state index contributed by atoms with van der Waals surface area (Å²) in [6.45, 7) is 2.52. The summed E-state index contributed by atoms with van der Waals surface area (Å²) >= 11 is 0. The number of likely N-dealkylation sites (N-methyl/N-ethyl adjacent to an activating group) is 1. The normalized spacial score (nSPS) is 20.1. The van der Waals surface area contributed by atoms with Gasteiger partial charge in [0.1, 0.15) is 0 Å². The predicted molar refractivity (Wildman–Crippen MR) is 81.2 cm³/mol. The Morgan fingerprint density at radius 1 is 1.40 bits per heavy atom. The molecule has 1 unspecified atom stereocenters. The molecule has 4 heteroatoms. The Morgan fingerprint density at radius 2 is 2.20 bits per heavy atom. The van der Waals surface area contributed by atoms with Gasteiger partial charge < -0.3 is 9.88 Å². The number of rotatable bonds is 4. The minimum absolute atomic E-state index is 0.210. The van der Waals surface area contributed by atoms with Crippen LogP contribution in [-0.4, -0.2) is 60.3 Å². The molecule has 3 rings (SSSR count). The average Bonchev–Trinajstić information content (AvgIpc) is 3.04. The third kappa shape index (κ3) is 2.49. The summed E-state index contributed by atoms with van der Waals surface area (Å²) in [5, 5.41) is 1.03. The van der Waals surface area contributed by atoms with Crippen LogP contribution >= 0.6 is 0 Å². The van der Waals surface area contributed by atoms with Gasteiger partial charge in [-0.25, -0.2) is 0 Å². The number of carbonyl (C=O) groups excluding carboxylic acids is 1. The lowest BCUT2D eigenvalue weighted by molar-refractivity contribution is 0.0943. The van der Waals surface area contributed by atoms with E-state index in [9.17, 15) is 4.79 Å². The van der Waals surface area contributed by atoms with Gasteiger partial charge in [-0.15, -0.1) is 0 Å². The first-order chi connectivity index (χ1) is 9.65. The molecule has 0 saturated carbocycles. The van der Waals surface area contributed by atoms with Gasteiger partial charge in [-0.1, -0.05) is 18.2 Å². The lowest BCUT2D eigenvalue weighted by Gasteiger charge is -2.19. The molecule has 2 aromatic rings. The Hall–Kier alpha value is -1.65. The predicted octanol–water partition coefficient (Wildman–Crippen LogP) is 1.99. The summed E-state index contributed by atoms with van der Waals surface area (Å²) in [5.74, 6) is 0.210. The number of nitrogens with one attached hydrogen (secondary N) is 1. The molecule has 1 aromatic carbocycles. The topological polar surface area (TPSA) is 39.3 Å². The highest BCUT2D eigenvalue weighted by atomic mass is 16.1. The Balaban J connectivity index is 1.71. The molecule has 0 amide bonds. The number of benzene rings is 1. The molecule has 20 heavy (non-hydrogen) atoms. The average molecular weight is 271 g/mol. The molecular weight excluding hydrogens is 250 g/mol. The number of fused-ring (bicyclic) bond motifs is 1. The van der Waals surface area contributed by atoms with E-state index < -0.39 is 0 Å². The number of hydrogen-bond acceptors (Lipinski definition) is 3. The largest absolute Gasteiger partial charge is 0.360 e. The smallest absolute Gasteiger partial charge is 0.178 e. The summed E-state index contributed by atoms with van der Waals surface area (Å²) in [5.41, 5.74) is 1.84. The summed E-state index contributed by atoms with van der Waals surface area (Å²) in [7, 11) is 4.21. The minimum atomic E-state index is 0.210. The maximum Gasteiger partial charge on any atom is 0.178 e. The number of ketones is 1. The van der Waals surface area contributed by atoms with E-state index in [1.807, 2.05) is 30.5 Å².